The largest absolute Gasteiger partial charge is 0.343 e. The number of nitrogens with zero attached hydrogens (tertiary/aromatic N) is 2. The van der Waals surface area contributed by atoms with Crippen LogP contribution in [0.3, 0.4) is 0 Å². The molecule has 0 radical (unpaired) electrons. The molecule has 5 nitrogen and oxygen atoms in total. The lowest BCUT2D eigenvalue weighted by Crippen LogP contribution is -2.51. The zero-order valence-electron chi connectivity index (χ0n) is 15.0. The second kappa shape index (κ2) is 6.96. The Kier molecular flexibility index (Phi) is 4.61. The fourth-order valence-electron chi connectivity index (χ4n) is 3.31. The van der Waals surface area contributed by atoms with E-state index in [2.05, 4.69) is 0 Å². The summed E-state index contributed by atoms with van der Waals surface area (Å²) in [5.41, 5.74) is 2.21. The maximum Gasteiger partial charge on any atom is 0.343 e. The quantitative estimate of drug-likeness (QED) is 0.609. The van der Waals surface area contributed by atoms with Crippen LogP contribution in [-0.4, -0.2) is 14.4 Å². The van der Waals surface area contributed by atoms with Crippen LogP contribution in [0.4, 0.5) is 16.2 Å². The smallest absolute Gasteiger partial charge is 0.287 e. The van der Waals surface area contributed by atoms with E-state index >= 15 is 0 Å². The van der Waals surface area contributed by atoms with Crippen LogP contribution in [0.15, 0.2) is 77.7 Å². The molecule has 0 bridgehead atoms. The first-order valence-corrected chi connectivity index (χ1v) is 10.5. The van der Waals surface area contributed by atoms with E-state index in [1.165, 1.54) is 11.0 Å². The molecule has 3 aromatic carbocycles. The van der Waals surface area contributed by atoms with E-state index in [9.17, 15) is 13.2 Å². The Morgan fingerprint density at radius 2 is 1.57 bits per heavy atom. The van der Waals surface area contributed by atoms with Gasteiger partial charge in [0.25, 0.3) is 10.0 Å². The first kappa shape index (κ1) is 18.5. The van der Waals surface area contributed by atoms with Crippen LogP contribution >= 0.6 is 11.6 Å². The van der Waals surface area contributed by atoms with Crippen molar-refractivity contribution in [1.82, 2.24) is 0 Å². The highest BCUT2D eigenvalue weighted by atomic mass is 35.5. The van der Waals surface area contributed by atoms with Gasteiger partial charge in [-0.15, -0.1) is 0 Å². The normalized spacial score (nSPS) is 15.4. The third kappa shape index (κ3) is 3.04. The van der Waals surface area contributed by atoms with Gasteiger partial charge >= 0.3 is 6.03 Å². The highest BCUT2D eigenvalue weighted by Gasteiger charge is 2.42. The number of fused-ring (bicyclic) bond motifs is 1. The molecular formula is C21H17ClN2O3S. The van der Waals surface area contributed by atoms with Gasteiger partial charge in [-0.2, -0.15) is 4.31 Å². The summed E-state index contributed by atoms with van der Waals surface area (Å²) in [6.45, 7) is 1.98. The van der Waals surface area contributed by atoms with Crippen molar-refractivity contribution in [1.29, 1.82) is 0 Å². The zero-order chi connectivity index (χ0) is 19.9. The molecule has 3 aromatic rings. The number of sulfonamides is 1. The van der Waals surface area contributed by atoms with Crippen molar-refractivity contribution in [2.45, 2.75) is 18.4 Å². The maximum atomic E-state index is 13.4. The summed E-state index contributed by atoms with van der Waals surface area (Å²) in [5.74, 6) is 0. The number of carbonyl (C=O) groups excluding carboxylic acids is 1. The number of para-hydroxylation sites is 2. The van der Waals surface area contributed by atoms with Crippen molar-refractivity contribution in [3.05, 3.63) is 88.9 Å². The third-order valence-electron chi connectivity index (χ3n) is 4.64. The highest BCUT2D eigenvalue weighted by molar-refractivity contribution is 7.94. The predicted octanol–water partition coefficient (Wildman–Crippen LogP) is 4.98. The van der Waals surface area contributed by atoms with Gasteiger partial charge in [-0.05, 0) is 48.4 Å². The van der Waals surface area contributed by atoms with Gasteiger partial charge in [-0.25, -0.2) is 13.2 Å². The number of halogens is 1. The van der Waals surface area contributed by atoms with E-state index in [4.69, 9.17) is 11.6 Å². The Morgan fingerprint density at radius 1 is 0.893 bits per heavy atom. The lowest BCUT2D eigenvalue weighted by atomic mass is 10.2. The minimum absolute atomic E-state index is 0.0971. The number of benzene rings is 3. The van der Waals surface area contributed by atoms with Gasteiger partial charge in [0.2, 0.25) is 0 Å². The van der Waals surface area contributed by atoms with Crippen LogP contribution < -0.4 is 9.21 Å². The van der Waals surface area contributed by atoms with Gasteiger partial charge in [-0.1, -0.05) is 54.1 Å². The average molecular weight is 413 g/mol. The van der Waals surface area contributed by atoms with E-state index in [0.717, 1.165) is 9.87 Å². The summed E-state index contributed by atoms with van der Waals surface area (Å²) in [5, 5.41) is 0.554. The molecule has 7 heteroatoms. The molecule has 28 heavy (non-hydrogen) atoms. The first-order valence-electron chi connectivity index (χ1n) is 8.65. The van der Waals surface area contributed by atoms with Crippen LogP contribution in [0.5, 0.6) is 0 Å². The molecule has 142 valence electrons. The van der Waals surface area contributed by atoms with Gasteiger partial charge in [0.05, 0.1) is 17.9 Å². The van der Waals surface area contributed by atoms with Gasteiger partial charge in [0, 0.05) is 5.02 Å². The number of urea groups is 1. The summed E-state index contributed by atoms with van der Waals surface area (Å²) >= 11 is 6.08. The second-order valence-corrected chi connectivity index (χ2v) is 8.71. The van der Waals surface area contributed by atoms with Crippen LogP contribution in [0.2, 0.25) is 5.02 Å². The molecule has 1 aliphatic rings. The van der Waals surface area contributed by atoms with Crippen molar-refractivity contribution in [3.63, 3.8) is 0 Å². The molecule has 0 N–H and O–H groups in total. The topological polar surface area (TPSA) is 57.7 Å². The molecule has 1 heterocycles. The molecule has 4 rings (SSSR count). The van der Waals surface area contributed by atoms with E-state index in [1.54, 1.807) is 67.6 Å². The van der Waals surface area contributed by atoms with Crippen LogP contribution in [0.25, 0.3) is 0 Å². The monoisotopic (exact) mass is 412 g/mol. The zero-order valence-corrected chi connectivity index (χ0v) is 16.6. The molecular weight excluding hydrogens is 396 g/mol. The van der Waals surface area contributed by atoms with Crippen molar-refractivity contribution < 1.29 is 13.2 Å². The molecule has 0 spiro atoms. The lowest BCUT2D eigenvalue weighted by Gasteiger charge is -2.36. The molecule has 0 fully saturated rings. The number of amides is 2. The molecule has 0 aromatic heterocycles. The Balaban J connectivity index is 1.89. The standard InChI is InChI=1S/C21H17ClN2O3S/c1-15-7-2-3-10-18(15)24-21(25)23(14-16-8-6-9-17(22)13-16)19-11-4-5-12-20(19)28(24,26)27/h2-13H,14H2,1H3. The highest BCUT2D eigenvalue weighted by Crippen LogP contribution is 2.38. The van der Waals surface area contributed by atoms with Gasteiger partial charge in [0.1, 0.15) is 4.90 Å². The lowest BCUT2D eigenvalue weighted by molar-refractivity contribution is 0.253. The molecule has 0 unspecified atom stereocenters. The number of hydrogen-bond donors (Lipinski definition) is 0. The first-order chi connectivity index (χ1) is 13.4. The van der Waals surface area contributed by atoms with Crippen molar-refractivity contribution in [2.24, 2.45) is 0 Å². The number of aryl methyl sites for hydroxylation is 1. The fourth-order valence-corrected chi connectivity index (χ4v) is 5.18. The molecule has 2 amide bonds. The third-order valence-corrected chi connectivity index (χ3v) is 6.61. The van der Waals surface area contributed by atoms with Gasteiger partial charge in [0.15, 0.2) is 0 Å². The molecule has 0 atom stereocenters. The van der Waals surface area contributed by atoms with Crippen molar-refractivity contribution in [3.8, 4) is 0 Å². The van der Waals surface area contributed by atoms with Gasteiger partial charge in [-0.3, -0.25) is 4.90 Å². The molecule has 0 saturated heterocycles. The molecule has 1 aliphatic heterocycles. The van der Waals surface area contributed by atoms with E-state index in [0.29, 0.717) is 22.0 Å². The van der Waals surface area contributed by atoms with E-state index < -0.39 is 16.1 Å². The summed E-state index contributed by atoms with van der Waals surface area (Å²) in [7, 11) is -4.02. The van der Waals surface area contributed by atoms with E-state index in [1.807, 2.05) is 6.07 Å². The number of carbonyl (C=O) groups is 1. The number of hydrogen-bond acceptors (Lipinski definition) is 3. The van der Waals surface area contributed by atoms with Crippen molar-refractivity contribution >= 4 is 39.0 Å². The summed E-state index contributed by atoms with van der Waals surface area (Å²) in [6.07, 6.45) is 0. The van der Waals surface area contributed by atoms with Crippen LogP contribution in [-0.2, 0) is 16.6 Å². The SMILES string of the molecule is Cc1ccccc1N1C(=O)N(Cc2cccc(Cl)c2)c2ccccc2S1(=O)=O. The fraction of sp³-hybridized carbons (Fsp3) is 0.0952. The summed E-state index contributed by atoms with van der Waals surface area (Å²) < 4.78 is 27.4. The number of anilines is 2. The van der Waals surface area contributed by atoms with Crippen LogP contribution in [0, 0.1) is 6.92 Å². The maximum absolute atomic E-state index is 13.4. The summed E-state index contributed by atoms with van der Waals surface area (Å²) in [4.78, 5) is 14.9. The summed E-state index contributed by atoms with van der Waals surface area (Å²) in [6, 6.07) is 20.0. The average Bonchev–Trinajstić information content (AvgIpc) is 2.67. The Morgan fingerprint density at radius 3 is 2.29 bits per heavy atom. The Bertz CT molecular complexity index is 1180. The van der Waals surface area contributed by atoms with Gasteiger partial charge < -0.3 is 0 Å². The minimum atomic E-state index is -4.02. The van der Waals surface area contributed by atoms with Crippen LogP contribution in [0.1, 0.15) is 11.1 Å². The molecule has 0 saturated carbocycles. The Hall–Kier alpha value is -2.83. The van der Waals surface area contributed by atoms with E-state index in [-0.39, 0.29) is 11.4 Å². The number of rotatable bonds is 3. The second-order valence-electron chi connectivity index (χ2n) is 6.52. The predicted molar refractivity (Wildman–Crippen MR) is 110 cm³/mol. The van der Waals surface area contributed by atoms with Crippen molar-refractivity contribution in [2.75, 3.05) is 9.21 Å². The Labute approximate surface area is 168 Å². The minimum Gasteiger partial charge on any atom is -0.287 e. The molecule has 0 aliphatic carbocycles.